The minimum atomic E-state index is -0.676. The molecular weight excluding hydrogens is 382 g/mol. The number of urea groups is 1. The Balaban J connectivity index is 1.51. The molecule has 1 fully saturated rings. The second kappa shape index (κ2) is 7.82. The number of aromatic nitrogens is 2. The fraction of sp³-hybridized carbons (Fsp3) is 0.182. The summed E-state index contributed by atoms with van der Waals surface area (Å²) in [4.78, 5) is 40.5. The molecule has 1 aliphatic heterocycles. The zero-order valence-electron chi connectivity index (χ0n) is 16.6. The van der Waals surface area contributed by atoms with Crippen LogP contribution in [0.3, 0.4) is 0 Å². The Bertz CT molecular complexity index is 1090. The number of rotatable bonds is 5. The third-order valence-electron chi connectivity index (χ3n) is 4.88. The standard InChI is InChI=1S/C22H21N5O3/c1-15-13-19(27(24-15)18-11-7-4-8-12-18)23-20(28)14-25-21(29)16(2)26(22(25)30)17-9-5-3-6-10-17/h3-13,16H,14H2,1-2H3,(H,23,28)/t16-/m1/s1. The minimum absolute atomic E-state index is 0.371. The molecule has 0 unspecified atom stereocenters. The van der Waals surface area contributed by atoms with Gasteiger partial charge in [-0.15, -0.1) is 0 Å². The molecule has 0 aliphatic carbocycles. The smallest absolute Gasteiger partial charge is 0.309 e. The average molecular weight is 403 g/mol. The summed E-state index contributed by atoms with van der Waals surface area (Å²) >= 11 is 0. The van der Waals surface area contributed by atoms with E-state index in [9.17, 15) is 14.4 Å². The normalized spacial score (nSPS) is 16.3. The number of aryl methyl sites for hydroxylation is 1. The molecule has 0 radical (unpaired) electrons. The van der Waals surface area contributed by atoms with Crippen LogP contribution in [0.5, 0.6) is 0 Å². The quantitative estimate of drug-likeness (QED) is 0.664. The number of hydrogen-bond acceptors (Lipinski definition) is 4. The number of hydrogen-bond donors (Lipinski definition) is 1. The first-order chi connectivity index (χ1) is 14.5. The Morgan fingerprint density at radius 1 is 1.00 bits per heavy atom. The van der Waals surface area contributed by atoms with E-state index in [-0.39, 0.29) is 6.54 Å². The second-order valence-electron chi connectivity index (χ2n) is 7.05. The summed E-state index contributed by atoms with van der Waals surface area (Å²) in [5.41, 5.74) is 2.13. The highest BCUT2D eigenvalue weighted by Crippen LogP contribution is 2.25. The number of anilines is 2. The number of carbonyl (C=O) groups is 3. The molecule has 3 aromatic rings. The third-order valence-corrected chi connectivity index (χ3v) is 4.88. The van der Waals surface area contributed by atoms with E-state index in [0.717, 1.165) is 16.3 Å². The summed E-state index contributed by atoms with van der Waals surface area (Å²) in [7, 11) is 0. The zero-order valence-corrected chi connectivity index (χ0v) is 16.6. The molecule has 1 atom stereocenters. The molecule has 8 heteroatoms. The fourth-order valence-electron chi connectivity index (χ4n) is 3.47. The van der Waals surface area contributed by atoms with Crippen LogP contribution in [0.2, 0.25) is 0 Å². The topological polar surface area (TPSA) is 87.5 Å². The lowest BCUT2D eigenvalue weighted by Crippen LogP contribution is -2.39. The zero-order chi connectivity index (χ0) is 21.3. The molecule has 1 saturated heterocycles. The van der Waals surface area contributed by atoms with Gasteiger partial charge in [0.25, 0.3) is 5.91 Å². The van der Waals surface area contributed by atoms with Crippen molar-refractivity contribution >= 4 is 29.4 Å². The van der Waals surface area contributed by atoms with Crippen LogP contribution in [0.25, 0.3) is 5.69 Å². The van der Waals surface area contributed by atoms with Crippen LogP contribution in [0.15, 0.2) is 66.7 Å². The highest BCUT2D eigenvalue weighted by atomic mass is 16.2. The summed E-state index contributed by atoms with van der Waals surface area (Å²) in [6.45, 7) is 3.10. The lowest BCUT2D eigenvalue weighted by atomic mass is 10.2. The molecule has 2 heterocycles. The largest absolute Gasteiger partial charge is 0.332 e. The van der Waals surface area contributed by atoms with E-state index in [1.807, 2.05) is 43.3 Å². The van der Waals surface area contributed by atoms with Gasteiger partial charge in [-0.2, -0.15) is 5.10 Å². The Kier molecular flexibility index (Phi) is 5.05. The van der Waals surface area contributed by atoms with E-state index in [4.69, 9.17) is 0 Å². The number of benzene rings is 2. The molecule has 4 amide bonds. The Morgan fingerprint density at radius 3 is 2.23 bits per heavy atom. The van der Waals surface area contributed by atoms with Gasteiger partial charge in [-0.05, 0) is 38.1 Å². The van der Waals surface area contributed by atoms with Crippen molar-refractivity contribution in [2.45, 2.75) is 19.9 Å². The average Bonchev–Trinajstić information content (AvgIpc) is 3.21. The van der Waals surface area contributed by atoms with Crippen LogP contribution in [-0.4, -0.2) is 45.1 Å². The summed E-state index contributed by atoms with van der Waals surface area (Å²) in [6, 6.07) is 18.9. The molecule has 1 aliphatic rings. The van der Waals surface area contributed by atoms with Gasteiger partial charge in [0.15, 0.2) is 0 Å². The monoisotopic (exact) mass is 403 g/mol. The van der Waals surface area contributed by atoms with Crippen LogP contribution in [0, 0.1) is 6.92 Å². The lowest BCUT2D eigenvalue weighted by molar-refractivity contribution is -0.130. The van der Waals surface area contributed by atoms with Gasteiger partial charge >= 0.3 is 6.03 Å². The van der Waals surface area contributed by atoms with Crippen LogP contribution in [0.1, 0.15) is 12.6 Å². The molecule has 0 spiro atoms. The van der Waals surface area contributed by atoms with Crippen LogP contribution in [-0.2, 0) is 9.59 Å². The maximum atomic E-state index is 12.8. The van der Waals surface area contributed by atoms with E-state index in [0.29, 0.717) is 11.5 Å². The molecule has 4 rings (SSSR count). The first-order valence-corrected chi connectivity index (χ1v) is 9.57. The number of amides is 4. The number of nitrogens with one attached hydrogen (secondary N) is 1. The third kappa shape index (κ3) is 3.55. The molecule has 1 aromatic heterocycles. The number of carbonyl (C=O) groups excluding carboxylic acids is 3. The predicted molar refractivity (Wildman–Crippen MR) is 112 cm³/mol. The number of nitrogens with zero attached hydrogens (tertiary/aromatic N) is 4. The van der Waals surface area contributed by atoms with Gasteiger partial charge in [0.2, 0.25) is 5.91 Å². The van der Waals surface area contributed by atoms with Crippen LogP contribution < -0.4 is 10.2 Å². The van der Waals surface area contributed by atoms with Crippen molar-refractivity contribution in [2.24, 2.45) is 0 Å². The Hall–Kier alpha value is -3.94. The van der Waals surface area contributed by atoms with E-state index >= 15 is 0 Å². The summed E-state index contributed by atoms with van der Waals surface area (Å²) in [5.74, 6) is -0.418. The van der Waals surface area contributed by atoms with Gasteiger partial charge in [-0.1, -0.05) is 36.4 Å². The molecule has 1 N–H and O–H groups in total. The molecule has 0 saturated carbocycles. The van der Waals surface area contributed by atoms with E-state index in [1.54, 1.807) is 41.9 Å². The Morgan fingerprint density at radius 2 is 1.60 bits per heavy atom. The number of imide groups is 1. The Labute approximate surface area is 173 Å². The van der Waals surface area contributed by atoms with Crippen molar-refractivity contribution in [1.82, 2.24) is 14.7 Å². The maximum Gasteiger partial charge on any atom is 0.332 e. The molecular formula is C22H21N5O3. The van der Waals surface area contributed by atoms with Gasteiger partial charge in [-0.25, -0.2) is 9.48 Å². The molecule has 152 valence electrons. The summed E-state index contributed by atoms with van der Waals surface area (Å²) < 4.78 is 1.61. The highest BCUT2D eigenvalue weighted by Gasteiger charge is 2.44. The second-order valence-corrected chi connectivity index (χ2v) is 7.05. The first kappa shape index (κ1) is 19.4. The van der Waals surface area contributed by atoms with Crippen LogP contribution in [0.4, 0.5) is 16.3 Å². The van der Waals surface area contributed by atoms with Crippen molar-refractivity contribution in [1.29, 1.82) is 0 Å². The number of para-hydroxylation sites is 2. The first-order valence-electron chi connectivity index (χ1n) is 9.57. The van der Waals surface area contributed by atoms with Gasteiger partial charge < -0.3 is 5.32 Å². The predicted octanol–water partition coefficient (Wildman–Crippen LogP) is 2.98. The molecule has 2 aromatic carbocycles. The van der Waals surface area contributed by atoms with Crippen molar-refractivity contribution in [3.63, 3.8) is 0 Å². The van der Waals surface area contributed by atoms with E-state index in [2.05, 4.69) is 10.4 Å². The van der Waals surface area contributed by atoms with Crippen molar-refractivity contribution in [3.8, 4) is 5.69 Å². The molecule has 30 heavy (non-hydrogen) atoms. The fourth-order valence-corrected chi connectivity index (χ4v) is 3.47. The lowest BCUT2D eigenvalue weighted by Gasteiger charge is -2.19. The summed E-state index contributed by atoms with van der Waals surface area (Å²) in [6.07, 6.45) is 0. The van der Waals surface area contributed by atoms with Crippen molar-refractivity contribution < 1.29 is 14.4 Å². The van der Waals surface area contributed by atoms with Gasteiger partial charge in [0, 0.05) is 11.8 Å². The van der Waals surface area contributed by atoms with Gasteiger partial charge in [-0.3, -0.25) is 19.4 Å². The van der Waals surface area contributed by atoms with Gasteiger partial charge in [0.05, 0.1) is 11.4 Å². The summed E-state index contributed by atoms with van der Waals surface area (Å²) in [5, 5.41) is 7.17. The van der Waals surface area contributed by atoms with Crippen LogP contribution >= 0.6 is 0 Å². The molecule has 8 nitrogen and oxygen atoms in total. The van der Waals surface area contributed by atoms with Crippen molar-refractivity contribution in [2.75, 3.05) is 16.8 Å². The van der Waals surface area contributed by atoms with Crippen molar-refractivity contribution in [3.05, 3.63) is 72.4 Å². The molecule has 0 bridgehead atoms. The van der Waals surface area contributed by atoms with E-state index in [1.165, 1.54) is 4.90 Å². The maximum absolute atomic E-state index is 12.8. The van der Waals surface area contributed by atoms with Gasteiger partial charge in [0.1, 0.15) is 18.4 Å². The SMILES string of the molecule is Cc1cc(NC(=O)CN2C(=O)[C@@H](C)N(c3ccccc3)C2=O)n(-c2ccccc2)n1. The van der Waals surface area contributed by atoms with E-state index < -0.39 is 23.9 Å². The minimum Gasteiger partial charge on any atom is -0.309 e. The highest BCUT2D eigenvalue weighted by molar-refractivity contribution is 6.16.